The molecule has 1 aromatic rings. The molecule has 1 aliphatic heterocycles. The Morgan fingerprint density at radius 1 is 1.32 bits per heavy atom. The zero-order valence-electron chi connectivity index (χ0n) is 13.9. The fraction of sp³-hybridized carbons (Fsp3) is 0.611. The van der Waals surface area contributed by atoms with Gasteiger partial charge >= 0.3 is 0 Å². The van der Waals surface area contributed by atoms with Crippen LogP contribution >= 0.6 is 11.6 Å². The first kappa shape index (κ1) is 17.3. The maximum Gasteiger partial charge on any atom is 0.252 e. The predicted octanol–water partition coefficient (Wildman–Crippen LogP) is 3.75. The molecule has 1 heterocycles. The molecule has 1 aliphatic rings. The van der Waals surface area contributed by atoms with Gasteiger partial charge in [-0.05, 0) is 55.8 Å². The molecule has 1 amide bonds. The maximum absolute atomic E-state index is 12.1. The predicted molar refractivity (Wildman–Crippen MR) is 92.5 cm³/mol. The summed E-state index contributed by atoms with van der Waals surface area (Å²) in [5, 5.41) is 3.50. The minimum Gasteiger partial charge on any atom is -0.352 e. The Balaban J connectivity index is 1.73. The minimum absolute atomic E-state index is 0.0784. The van der Waals surface area contributed by atoms with Crippen molar-refractivity contribution in [2.75, 3.05) is 26.2 Å². The molecule has 1 fully saturated rings. The summed E-state index contributed by atoms with van der Waals surface area (Å²) in [7, 11) is 0. The molecule has 0 spiro atoms. The lowest BCUT2D eigenvalue weighted by Gasteiger charge is -2.34. The first-order valence-corrected chi connectivity index (χ1v) is 8.60. The van der Waals surface area contributed by atoms with Crippen molar-refractivity contribution in [2.45, 2.75) is 33.6 Å². The Hall–Kier alpha value is -1.06. The standard InChI is InChI=1S/C18H27ClN2O/c1-13-5-6-16(17(19)10-13)18(22)20-7-4-8-21-11-14(2)9-15(3)12-21/h5-6,10,14-15H,4,7-9,11-12H2,1-3H3,(H,20,22)/t14-,15-/m0/s1. The van der Waals surface area contributed by atoms with Crippen LogP contribution in [0.25, 0.3) is 0 Å². The van der Waals surface area contributed by atoms with Gasteiger partial charge in [0.25, 0.3) is 5.91 Å². The number of aryl methyl sites for hydroxylation is 1. The van der Waals surface area contributed by atoms with E-state index < -0.39 is 0 Å². The van der Waals surface area contributed by atoms with E-state index in [0.29, 0.717) is 17.1 Å². The molecule has 0 aromatic heterocycles. The average Bonchev–Trinajstić information content (AvgIpc) is 2.42. The van der Waals surface area contributed by atoms with E-state index >= 15 is 0 Å². The molecule has 3 nitrogen and oxygen atoms in total. The number of rotatable bonds is 5. The molecule has 4 heteroatoms. The minimum atomic E-state index is -0.0784. The van der Waals surface area contributed by atoms with Crippen molar-refractivity contribution >= 4 is 17.5 Å². The summed E-state index contributed by atoms with van der Waals surface area (Å²) in [5.74, 6) is 1.49. The van der Waals surface area contributed by atoms with Gasteiger partial charge in [0.15, 0.2) is 0 Å². The number of carbonyl (C=O) groups is 1. The van der Waals surface area contributed by atoms with E-state index in [9.17, 15) is 4.79 Å². The van der Waals surface area contributed by atoms with Crippen molar-refractivity contribution in [3.8, 4) is 0 Å². The number of hydrogen-bond acceptors (Lipinski definition) is 2. The van der Waals surface area contributed by atoms with Gasteiger partial charge < -0.3 is 10.2 Å². The van der Waals surface area contributed by atoms with Gasteiger partial charge in [-0.15, -0.1) is 0 Å². The molecular formula is C18H27ClN2O. The number of amides is 1. The first-order chi connectivity index (χ1) is 10.5. The summed E-state index contributed by atoms with van der Waals surface area (Å²) < 4.78 is 0. The van der Waals surface area contributed by atoms with Crippen LogP contribution in [0.3, 0.4) is 0 Å². The number of halogens is 1. The number of likely N-dealkylation sites (tertiary alicyclic amines) is 1. The number of benzene rings is 1. The summed E-state index contributed by atoms with van der Waals surface area (Å²) >= 11 is 6.12. The fourth-order valence-electron chi connectivity index (χ4n) is 3.38. The maximum atomic E-state index is 12.1. The largest absolute Gasteiger partial charge is 0.352 e. The monoisotopic (exact) mass is 322 g/mol. The summed E-state index contributed by atoms with van der Waals surface area (Å²) in [4.78, 5) is 14.6. The van der Waals surface area contributed by atoms with E-state index in [-0.39, 0.29) is 5.91 Å². The number of carbonyl (C=O) groups excluding carboxylic acids is 1. The zero-order valence-corrected chi connectivity index (χ0v) is 14.6. The van der Waals surface area contributed by atoms with Gasteiger partial charge in [0.05, 0.1) is 10.6 Å². The molecular weight excluding hydrogens is 296 g/mol. The highest BCUT2D eigenvalue weighted by Crippen LogP contribution is 2.21. The van der Waals surface area contributed by atoms with Crippen molar-refractivity contribution < 1.29 is 4.79 Å². The highest BCUT2D eigenvalue weighted by atomic mass is 35.5. The SMILES string of the molecule is Cc1ccc(C(=O)NCCCN2C[C@@H](C)C[C@H](C)C2)c(Cl)c1. The highest BCUT2D eigenvalue weighted by molar-refractivity contribution is 6.33. The van der Waals surface area contributed by atoms with Crippen molar-refractivity contribution in [1.82, 2.24) is 10.2 Å². The number of nitrogens with zero attached hydrogens (tertiary/aromatic N) is 1. The summed E-state index contributed by atoms with van der Waals surface area (Å²) in [6.45, 7) is 10.7. The van der Waals surface area contributed by atoms with Crippen molar-refractivity contribution in [2.24, 2.45) is 11.8 Å². The van der Waals surface area contributed by atoms with Crippen LogP contribution in [0.15, 0.2) is 18.2 Å². The Labute approximate surface area is 139 Å². The van der Waals surface area contributed by atoms with E-state index in [0.717, 1.165) is 30.4 Å². The molecule has 0 bridgehead atoms. The van der Waals surface area contributed by atoms with Gasteiger partial charge in [-0.2, -0.15) is 0 Å². The molecule has 1 aromatic carbocycles. The molecule has 2 rings (SSSR count). The van der Waals surface area contributed by atoms with E-state index in [1.807, 2.05) is 19.1 Å². The molecule has 22 heavy (non-hydrogen) atoms. The molecule has 122 valence electrons. The average molecular weight is 323 g/mol. The topological polar surface area (TPSA) is 32.3 Å². The Morgan fingerprint density at radius 3 is 2.64 bits per heavy atom. The van der Waals surface area contributed by atoms with Crippen molar-refractivity contribution in [3.63, 3.8) is 0 Å². The number of nitrogens with one attached hydrogen (secondary N) is 1. The van der Waals surface area contributed by atoms with Gasteiger partial charge in [-0.25, -0.2) is 0 Å². The van der Waals surface area contributed by atoms with Gasteiger partial charge in [0, 0.05) is 19.6 Å². The van der Waals surface area contributed by atoms with E-state index in [2.05, 4.69) is 24.1 Å². The number of piperidine rings is 1. The third-order valence-electron chi connectivity index (χ3n) is 4.25. The van der Waals surface area contributed by atoms with Crippen LogP contribution in [0.2, 0.25) is 5.02 Å². The fourth-order valence-corrected chi connectivity index (χ4v) is 3.70. The van der Waals surface area contributed by atoms with Crippen LogP contribution < -0.4 is 5.32 Å². The van der Waals surface area contributed by atoms with Gasteiger partial charge in [0.1, 0.15) is 0 Å². The summed E-state index contributed by atoms with van der Waals surface area (Å²) in [5.41, 5.74) is 1.63. The lowest BCUT2D eigenvalue weighted by Crippen LogP contribution is -2.40. The highest BCUT2D eigenvalue weighted by Gasteiger charge is 2.21. The molecule has 0 radical (unpaired) electrons. The van der Waals surface area contributed by atoms with Crippen LogP contribution in [-0.2, 0) is 0 Å². The second-order valence-electron chi connectivity index (χ2n) is 6.80. The lowest BCUT2D eigenvalue weighted by atomic mass is 9.92. The normalized spacial score (nSPS) is 22.5. The zero-order chi connectivity index (χ0) is 16.1. The molecule has 2 atom stereocenters. The summed E-state index contributed by atoms with van der Waals surface area (Å²) in [6, 6.07) is 5.53. The Kier molecular flexibility index (Phi) is 6.27. The third-order valence-corrected chi connectivity index (χ3v) is 4.56. The van der Waals surface area contributed by atoms with Crippen molar-refractivity contribution in [3.05, 3.63) is 34.3 Å². The third kappa shape index (κ3) is 4.99. The van der Waals surface area contributed by atoms with E-state index in [1.165, 1.54) is 19.5 Å². The Morgan fingerprint density at radius 2 is 2.00 bits per heavy atom. The first-order valence-electron chi connectivity index (χ1n) is 8.22. The smallest absolute Gasteiger partial charge is 0.252 e. The second-order valence-corrected chi connectivity index (χ2v) is 7.21. The van der Waals surface area contributed by atoms with E-state index in [1.54, 1.807) is 6.07 Å². The van der Waals surface area contributed by atoms with Crippen LogP contribution in [0.1, 0.15) is 42.6 Å². The quantitative estimate of drug-likeness (QED) is 0.837. The van der Waals surface area contributed by atoms with Crippen LogP contribution in [0.4, 0.5) is 0 Å². The summed E-state index contributed by atoms with van der Waals surface area (Å²) in [6.07, 6.45) is 2.31. The van der Waals surface area contributed by atoms with Gasteiger partial charge in [0.2, 0.25) is 0 Å². The van der Waals surface area contributed by atoms with E-state index in [4.69, 9.17) is 11.6 Å². The molecule has 0 saturated carbocycles. The Bertz CT molecular complexity index is 508. The number of hydrogen-bond donors (Lipinski definition) is 1. The van der Waals surface area contributed by atoms with Crippen LogP contribution in [-0.4, -0.2) is 37.0 Å². The van der Waals surface area contributed by atoms with Crippen LogP contribution in [0, 0.1) is 18.8 Å². The molecule has 1 N–H and O–H groups in total. The van der Waals surface area contributed by atoms with Crippen molar-refractivity contribution in [1.29, 1.82) is 0 Å². The second kappa shape index (κ2) is 7.98. The van der Waals surface area contributed by atoms with Gasteiger partial charge in [-0.3, -0.25) is 4.79 Å². The van der Waals surface area contributed by atoms with Gasteiger partial charge in [-0.1, -0.05) is 31.5 Å². The molecule has 0 aliphatic carbocycles. The molecule has 1 saturated heterocycles. The molecule has 0 unspecified atom stereocenters. The van der Waals surface area contributed by atoms with Crippen LogP contribution in [0.5, 0.6) is 0 Å². The lowest BCUT2D eigenvalue weighted by molar-refractivity contribution is 0.0947.